The number of nitrogens with two attached hydrogens (primary N) is 1. The van der Waals surface area contributed by atoms with E-state index in [1.165, 1.54) is 18.2 Å². The maximum absolute atomic E-state index is 10.2. The van der Waals surface area contributed by atoms with E-state index < -0.39 is 4.92 Å². The van der Waals surface area contributed by atoms with Gasteiger partial charge < -0.3 is 15.9 Å². The summed E-state index contributed by atoms with van der Waals surface area (Å²) < 4.78 is 0.953. The quantitative estimate of drug-likeness (QED) is 0.289. The summed E-state index contributed by atoms with van der Waals surface area (Å²) in [6.45, 7) is 0. The molecule has 0 aliphatic heterocycles. The normalized spacial score (nSPS) is 9.50. The molecule has 0 radical (unpaired) electrons. The number of phenols is 2. The average molecular weight is 406 g/mol. The highest BCUT2D eigenvalue weighted by Crippen LogP contribution is 2.32. The highest BCUT2D eigenvalue weighted by molar-refractivity contribution is 9.10. The number of hydrogen-bond donors (Lipinski definition) is 3. The molecule has 0 bridgehead atoms. The molecule has 0 fully saturated rings. The Morgan fingerprint density at radius 3 is 1.90 bits per heavy atom. The number of anilines is 1. The third-order valence-electron chi connectivity index (χ3n) is 2.18. The van der Waals surface area contributed by atoms with E-state index in [0.717, 1.165) is 0 Å². The first-order valence-corrected chi connectivity index (χ1v) is 6.78. The number of aromatic hydroxyl groups is 2. The Bertz CT molecular complexity index is 615. The molecule has 0 saturated heterocycles. The van der Waals surface area contributed by atoms with Crippen molar-refractivity contribution in [3.05, 3.63) is 55.5 Å². The van der Waals surface area contributed by atoms with Crippen LogP contribution in [0.25, 0.3) is 0 Å². The number of benzene rings is 2. The highest BCUT2D eigenvalue weighted by atomic mass is 79.9. The van der Waals surface area contributed by atoms with Crippen molar-refractivity contribution < 1.29 is 15.1 Å². The van der Waals surface area contributed by atoms with E-state index in [2.05, 4.69) is 31.9 Å². The topological polar surface area (TPSA) is 110 Å². The van der Waals surface area contributed by atoms with Gasteiger partial charge in [0.1, 0.15) is 0 Å². The highest BCUT2D eigenvalue weighted by Gasteiger charge is 2.13. The van der Waals surface area contributed by atoms with Crippen molar-refractivity contribution in [2.45, 2.75) is 0 Å². The zero-order chi connectivity index (χ0) is 15.3. The third-order valence-corrected chi connectivity index (χ3v) is 3.46. The Morgan fingerprint density at radius 2 is 1.50 bits per heavy atom. The minimum Gasteiger partial charge on any atom is -0.505 e. The molecule has 4 N–H and O–H groups in total. The van der Waals surface area contributed by atoms with Crippen LogP contribution in [0.3, 0.4) is 0 Å². The monoisotopic (exact) mass is 404 g/mol. The summed E-state index contributed by atoms with van der Waals surface area (Å²) in [6.07, 6.45) is 0. The van der Waals surface area contributed by atoms with E-state index in [0.29, 0.717) is 14.6 Å². The van der Waals surface area contributed by atoms with Crippen LogP contribution in [0.4, 0.5) is 11.4 Å². The molecule has 6 nitrogen and oxygen atoms in total. The second kappa shape index (κ2) is 7.11. The van der Waals surface area contributed by atoms with Crippen LogP contribution in [-0.4, -0.2) is 15.1 Å². The van der Waals surface area contributed by atoms with Crippen LogP contribution in [0.15, 0.2) is 45.3 Å². The number of hydrogen-bond acceptors (Lipinski definition) is 5. The van der Waals surface area contributed by atoms with Gasteiger partial charge in [-0.15, -0.1) is 0 Å². The van der Waals surface area contributed by atoms with E-state index in [9.17, 15) is 10.1 Å². The minimum atomic E-state index is -0.639. The molecule has 2 aromatic rings. The fourth-order valence-corrected chi connectivity index (χ4v) is 1.92. The molecule has 20 heavy (non-hydrogen) atoms. The summed E-state index contributed by atoms with van der Waals surface area (Å²) in [5, 5.41) is 28.3. The van der Waals surface area contributed by atoms with Gasteiger partial charge in [-0.3, -0.25) is 10.1 Å². The molecule has 2 rings (SSSR count). The van der Waals surface area contributed by atoms with Gasteiger partial charge in [0, 0.05) is 6.07 Å². The predicted molar refractivity (Wildman–Crippen MR) is 82.7 cm³/mol. The zero-order valence-corrected chi connectivity index (χ0v) is 13.1. The maximum atomic E-state index is 10.2. The number of nitrogen functional groups attached to an aromatic ring is 1. The summed E-state index contributed by atoms with van der Waals surface area (Å²) in [7, 11) is 0. The lowest BCUT2D eigenvalue weighted by molar-refractivity contribution is -0.385. The molecule has 8 heteroatoms. The Morgan fingerprint density at radius 1 is 1.00 bits per heavy atom. The number of rotatable bonds is 1. The lowest BCUT2D eigenvalue weighted by atomic mass is 10.3. The summed E-state index contributed by atoms with van der Waals surface area (Å²) in [4.78, 5) is 9.56. The van der Waals surface area contributed by atoms with E-state index >= 15 is 0 Å². The second-order valence-corrected chi connectivity index (χ2v) is 5.25. The maximum Gasteiger partial charge on any atom is 0.311 e. The van der Waals surface area contributed by atoms with Crippen LogP contribution < -0.4 is 5.73 Å². The molecule has 2 aromatic carbocycles. The zero-order valence-electron chi connectivity index (χ0n) is 9.96. The summed E-state index contributed by atoms with van der Waals surface area (Å²) in [5.74, 6) is -0.227. The molecule has 0 aliphatic rings. The Labute approximate surface area is 131 Å². The summed E-state index contributed by atoms with van der Waals surface area (Å²) in [6, 6.07) is 9.38. The SMILES string of the molecule is Nc1cccc(Br)c1O.O=[N+]([O-])c1cccc(Br)c1O. The van der Waals surface area contributed by atoms with Gasteiger partial charge >= 0.3 is 5.69 Å². The van der Waals surface area contributed by atoms with Crippen LogP contribution >= 0.6 is 31.9 Å². The van der Waals surface area contributed by atoms with E-state index in [4.69, 9.17) is 15.9 Å². The molecule has 0 heterocycles. The fourth-order valence-electron chi connectivity index (χ4n) is 1.18. The summed E-state index contributed by atoms with van der Waals surface area (Å²) in [5.41, 5.74) is 5.44. The van der Waals surface area contributed by atoms with E-state index in [-0.39, 0.29) is 17.2 Å². The van der Waals surface area contributed by atoms with Gasteiger partial charge in [0.25, 0.3) is 0 Å². The van der Waals surface area contributed by atoms with Gasteiger partial charge in [-0.2, -0.15) is 0 Å². The smallest absolute Gasteiger partial charge is 0.311 e. The lowest BCUT2D eigenvalue weighted by Gasteiger charge is -1.97. The van der Waals surface area contributed by atoms with Gasteiger partial charge in [-0.1, -0.05) is 12.1 Å². The van der Waals surface area contributed by atoms with Crippen molar-refractivity contribution in [2.75, 3.05) is 5.73 Å². The molecule has 0 atom stereocenters. The molecule has 0 spiro atoms. The van der Waals surface area contributed by atoms with Crippen molar-refractivity contribution in [1.29, 1.82) is 0 Å². The molecule has 106 valence electrons. The van der Waals surface area contributed by atoms with E-state index in [1.807, 2.05) is 0 Å². The number of nitro groups is 1. The van der Waals surface area contributed by atoms with Crippen LogP contribution in [0.5, 0.6) is 11.5 Å². The lowest BCUT2D eigenvalue weighted by Crippen LogP contribution is -1.87. The minimum absolute atomic E-state index is 0.109. The van der Waals surface area contributed by atoms with Crippen LogP contribution in [0, 0.1) is 10.1 Å². The van der Waals surface area contributed by atoms with Crippen LogP contribution in [0.2, 0.25) is 0 Å². The first-order valence-electron chi connectivity index (χ1n) is 5.19. The predicted octanol–water partition coefficient (Wildman–Crippen LogP) is 3.80. The van der Waals surface area contributed by atoms with E-state index in [1.54, 1.807) is 18.2 Å². The molecule has 0 unspecified atom stereocenters. The number of para-hydroxylation sites is 2. The molecule has 0 aromatic heterocycles. The molecular formula is C12H10Br2N2O4. The first kappa shape index (κ1) is 16.3. The third kappa shape index (κ3) is 4.10. The van der Waals surface area contributed by atoms with Gasteiger partial charge in [-0.05, 0) is 50.1 Å². The second-order valence-electron chi connectivity index (χ2n) is 3.54. The number of nitro benzene ring substituents is 1. The van der Waals surface area contributed by atoms with Crippen molar-refractivity contribution >= 4 is 43.2 Å². The van der Waals surface area contributed by atoms with Crippen molar-refractivity contribution in [3.8, 4) is 11.5 Å². The van der Waals surface area contributed by atoms with Crippen LogP contribution in [-0.2, 0) is 0 Å². The summed E-state index contributed by atoms with van der Waals surface area (Å²) >= 11 is 6.08. The molecular weight excluding hydrogens is 396 g/mol. The van der Waals surface area contributed by atoms with Crippen molar-refractivity contribution in [2.24, 2.45) is 0 Å². The van der Waals surface area contributed by atoms with Crippen molar-refractivity contribution in [1.82, 2.24) is 0 Å². The van der Waals surface area contributed by atoms with Crippen molar-refractivity contribution in [3.63, 3.8) is 0 Å². The van der Waals surface area contributed by atoms with Gasteiger partial charge in [-0.25, -0.2) is 0 Å². The Balaban J connectivity index is 0.000000204. The fraction of sp³-hybridized carbons (Fsp3) is 0. The largest absolute Gasteiger partial charge is 0.505 e. The Kier molecular flexibility index (Phi) is 5.78. The standard InChI is InChI=1S/C6H4BrNO3.C6H6BrNO/c7-4-2-1-3-5(6(4)9)8(10)11;7-4-2-1-3-5(8)6(4)9/h1-3,9H;1-3,9H,8H2. The molecule has 0 aliphatic carbocycles. The van der Waals surface area contributed by atoms with Gasteiger partial charge in [0.05, 0.1) is 19.6 Å². The Hall–Kier alpha value is -1.80. The number of nitrogens with zero attached hydrogens (tertiary/aromatic N) is 1. The van der Waals surface area contributed by atoms with Crippen LogP contribution in [0.1, 0.15) is 0 Å². The molecule has 0 saturated carbocycles. The number of phenolic OH excluding ortho intramolecular Hbond substituents is 2. The first-order chi connectivity index (χ1) is 9.34. The van der Waals surface area contributed by atoms with Gasteiger partial charge in [0.15, 0.2) is 5.75 Å². The average Bonchev–Trinajstić information content (AvgIpc) is 2.39. The molecule has 0 amide bonds. The number of halogens is 2. The van der Waals surface area contributed by atoms with Gasteiger partial charge in [0.2, 0.25) is 5.75 Å².